The smallest absolute Gasteiger partial charge is 0.341 e. The van der Waals surface area contributed by atoms with E-state index in [-0.39, 0.29) is 23.7 Å². The maximum Gasteiger partial charge on any atom is 0.341 e. The Hall–Kier alpha value is -2.88. The van der Waals surface area contributed by atoms with E-state index in [1.54, 1.807) is 12.3 Å². The number of aliphatic hydroxyl groups excluding tert-OH is 5. The number of allylic oxidation sites excluding steroid dienone is 2. The van der Waals surface area contributed by atoms with Gasteiger partial charge in [0.1, 0.15) is 49.3 Å². The lowest BCUT2D eigenvalue weighted by atomic mass is 9.69. The van der Waals surface area contributed by atoms with Gasteiger partial charge in [-0.25, -0.2) is 9.59 Å². The van der Waals surface area contributed by atoms with Crippen LogP contribution in [0.15, 0.2) is 58.6 Å². The largest absolute Gasteiger partial charge is 0.477 e. The van der Waals surface area contributed by atoms with E-state index in [1.807, 2.05) is 6.08 Å². The number of aliphatic carboxylic acids is 1. The number of hydrogen-bond acceptors (Lipinski definition) is 11. The fourth-order valence-electron chi connectivity index (χ4n) is 7.17. The van der Waals surface area contributed by atoms with Crippen molar-refractivity contribution in [3.8, 4) is 0 Å². The van der Waals surface area contributed by atoms with Crippen molar-refractivity contribution in [2.75, 3.05) is 33.4 Å². The minimum Gasteiger partial charge on any atom is -0.477 e. The third-order valence-electron chi connectivity index (χ3n) is 9.46. The van der Waals surface area contributed by atoms with Gasteiger partial charge >= 0.3 is 11.9 Å². The lowest BCUT2D eigenvalue weighted by Gasteiger charge is -2.44. The summed E-state index contributed by atoms with van der Waals surface area (Å²) in [6, 6.07) is 0. The number of methoxy groups -OCH3 is 1. The van der Waals surface area contributed by atoms with Gasteiger partial charge in [0.05, 0.1) is 38.1 Å². The van der Waals surface area contributed by atoms with Gasteiger partial charge in [-0.05, 0) is 44.1 Å². The van der Waals surface area contributed by atoms with Gasteiger partial charge in [-0.2, -0.15) is 0 Å². The van der Waals surface area contributed by atoms with Crippen molar-refractivity contribution < 1.29 is 64.1 Å². The van der Waals surface area contributed by atoms with Gasteiger partial charge in [-0.15, -0.1) is 0 Å². The molecule has 1 unspecified atom stereocenters. The van der Waals surface area contributed by atoms with E-state index in [0.29, 0.717) is 19.5 Å². The van der Waals surface area contributed by atoms with Gasteiger partial charge < -0.3 is 54.5 Å². The molecule has 2 aliphatic carbocycles. The number of carboxylic acid groups (broad SMARTS) is 1. The Bertz CT molecular complexity index is 1270. The summed E-state index contributed by atoms with van der Waals surface area (Å²) < 4.78 is 22.9. The molecule has 0 aromatic rings. The van der Waals surface area contributed by atoms with Crippen LogP contribution >= 0.6 is 0 Å². The Balaban J connectivity index is 1.58. The molecule has 0 spiro atoms. The fraction of sp³-hybridized carbons (Fsp3) is 0.625. The van der Waals surface area contributed by atoms with Crippen LogP contribution in [0.2, 0.25) is 0 Å². The van der Waals surface area contributed by atoms with Crippen molar-refractivity contribution >= 4 is 11.9 Å². The van der Waals surface area contributed by atoms with Crippen molar-refractivity contribution in [3.63, 3.8) is 0 Å². The number of fused-ring (bicyclic) bond motifs is 2. The molecule has 248 valence electrons. The Labute approximate surface area is 261 Å². The highest BCUT2D eigenvalue weighted by atomic mass is 16.8. The van der Waals surface area contributed by atoms with Gasteiger partial charge in [0.15, 0.2) is 6.29 Å². The Morgan fingerprint density at radius 2 is 1.87 bits per heavy atom. The highest BCUT2D eigenvalue weighted by molar-refractivity contribution is 5.90. The Kier molecular flexibility index (Phi) is 10.9. The molecule has 0 aromatic carbocycles. The van der Waals surface area contributed by atoms with E-state index in [0.717, 1.165) is 48.2 Å². The monoisotopic (exact) mass is 634 g/mol. The second-order valence-electron chi connectivity index (χ2n) is 12.3. The summed E-state index contributed by atoms with van der Waals surface area (Å²) in [7, 11) is 1.28. The summed E-state index contributed by atoms with van der Waals surface area (Å²) in [5.41, 5.74) is 3.15. The van der Waals surface area contributed by atoms with Gasteiger partial charge in [-0.1, -0.05) is 29.7 Å². The van der Waals surface area contributed by atoms with Gasteiger partial charge in [0, 0.05) is 11.5 Å². The summed E-state index contributed by atoms with van der Waals surface area (Å²) >= 11 is 0. The van der Waals surface area contributed by atoms with Crippen LogP contribution in [-0.2, 0) is 28.5 Å². The number of carbonyl (C=O) groups excluding carboxylic acids is 1. The zero-order chi connectivity index (χ0) is 32.2. The van der Waals surface area contributed by atoms with E-state index in [2.05, 4.69) is 6.08 Å². The maximum atomic E-state index is 13.2. The van der Waals surface area contributed by atoms with Crippen molar-refractivity contribution in [2.24, 2.45) is 17.8 Å². The molecule has 3 heterocycles. The van der Waals surface area contributed by atoms with E-state index < -0.39 is 67.4 Å². The topological polar surface area (TPSA) is 197 Å². The van der Waals surface area contributed by atoms with Crippen molar-refractivity contribution in [1.82, 2.24) is 0 Å². The molecule has 0 radical (unpaired) electrons. The van der Waals surface area contributed by atoms with Gasteiger partial charge in [-0.3, -0.25) is 0 Å². The molecule has 13 heteroatoms. The first kappa shape index (κ1) is 33.5. The molecule has 10 atom stereocenters. The van der Waals surface area contributed by atoms with Crippen molar-refractivity contribution in [3.05, 3.63) is 58.6 Å². The lowest BCUT2D eigenvalue weighted by Crippen LogP contribution is -3.08. The molecule has 1 saturated heterocycles. The minimum atomic E-state index is -1.65. The van der Waals surface area contributed by atoms with Crippen LogP contribution in [0.1, 0.15) is 38.5 Å². The molecular weight excluding hydrogens is 590 g/mol. The van der Waals surface area contributed by atoms with Crippen LogP contribution in [-0.4, -0.2) is 113 Å². The first-order valence-corrected chi connectivity index (χ1v) is 15.6. The zero-order valence-corrected chi connectivity index (χ0v) is 25.3. The molecule has 1 saturated carbocycles. The molecule has 5 aliphatic rings. The van der Waals surface area contributed by atoms with Crippen LogP contribution in [0, 0.1) is 17.8 Å². The SMILES string of the molecule is COC(=O)C1=CO[C@@H](O[C@@H]2O[C@H](CO)[C@@H](O)[C@H](O)[C@H]2O)[C@@H]2/C=C3/CCCC[C@H]3CC/C(=C\C3=CC(C(=O)O)=C[NH+](CCO)C3)[C@H]12. The standard InChI is InChI=1S/C32H43NO12/c1-42-30(41)23-16-43-31(45-32-28(38)27(37)26(36)24(15-35)44-32)22-12-19-5-3-2-4-18(19)6-7-20(25(22)23)10-17-11-21(29(39)40)14-33(13-17)8-9-34/h10-12,14,16,18,22,24-28,31-32,34-38H,2-9,13,15H2,1H3,(H,39,40)/p+1/b19-12-,20-10+/t18-,22+,24+,25-,26+,27-,28+,31-,32-/m0/s1. The summed E-state index contributed by atoms with van der Waals surface area (Å²) in [4.78, 5) is 25.9. The maximum absolute atomic E-state index is 13.2. The number of ether oxygens (including phenoxy) is 4. The molecule has 2 fully saturated rings. The summed E-state index contributed by atoms with van der Waals surface area (Å²) in [5.74, 6) is -2.62. The number of rotatable bonds is 8. The number of carboxylic acids is 1. The predicted octanol–water partition coefficient (Wildman–Crippen LogP) is -0.929. The summed E-state index contributed by atoms with van der Waals surface area (Å²) in [6.45, 7) is 0.0195. The second kappa shape index (κ2) is 14.7. The van der Waals surface area contributed by atoms with Crippen LogP contribution in [0.5, 0.6) is 0 Å². The number of carbonyl (C=O) groups is 2. The van der Waals surface area contributed by atoms with Gasteiger partial charge in [0.25, 0.3) is 0 Å². The molecule has 45 heavy (non-hydrogen) atoms. The average molecular weight is 635 g/mol. The van der Waals surface area contributed by atoms with Crippen LogP contribution in [0.4, 0.5) is 0 Å². The first-order valence-electron chi connectivity index (χ1n) is 15.6. The Morgan fingerprint density at radius 3 is 2.58 bits per heavy atom. The van der Waals surface area contributed by atoms with Crippen molar-refractivity contribution in [2.45, 2.75) is 75.5 Å². The zero-order valence-electron chi connectivity index (χ0n) is 25.3. The number of aliphatic hydroxyl groups is 5. The van der Waals surface area contributed by atoms with E-state index in [4.69, 9.17) is 18.9 Å². The molecule has 0 aromatic heterocycles. The van der Waals surface area contributed by atoms with Crippen LogP contribution < -0.4 is 4.90 Å². The number of nitrogens with one attached hydrogen (secondary N) is 1. The molecule has 3 aliphatic heterocycles. The highest BCUT2D eigenvalue weighted by Gasteiger charge is 2.49. The number of quaternary nitrogens is 1. The Morgan fingerprint density at radius 1 is 1.07 bits per heavy atom. The summed E-state index contributed by atoms with van der Waals surface area (Å²) in [6.07, 6.45) is 5.27. The number of hydrogen-bond donors (Lipinski definition) is 7. The number of esters is 1. The molecule has 0 bridgehead atoms. The normalized spacial score (nSPS) is 38.9. The molecule has 7 N–H and O–H groups in total. The van der Waals surface area contributed by atoms with Crippen LogP contribution in [0.3, 0.4) is 0 Å². The third kappa shape index (κ3) is 7.26. The average Bonchev–Trinajstić information content (AvgIpc) is 3.03. The first-order chi connectivity index (χ1) is 21.6. The summed E-state index contributed by atoms with van der Waals surface area (Å²) in [5, 5.41) is 60.4. The molecule has 13 nitrogen and oxygen atoms in total. The quantitative estimate of drug-likeness (QED) is 0.128. The van der Waals surface area contributed by atoms with E-state index in [9.17, 15) is 40.2 Å². The lowest BCUT2D eigenvalue weighted by molar-refractivity contribution is -0.842. The highest BCUT2D eigenvalue weighted by Crippen LogP contribution is 2.46. The van der Waals surface area contributed by atoms with E-state index >= 15 is 0 Å². The van der Waals surface area contributed by atoms with Gasteiger partial charge in [0.2, 0.25) is 6.29 Å². The molecular formula is C32H44NO12+. The van der Waals surface area contributed by atoms with Crippen LogP contribution in [0.25, 0.3) is 0 Å². The van der Waals surface area contributed by atoms with E-state index in [1.165, 1.54) is 18.9 Å². The second-order valence-corrected chi connectivity index (χ2v) is 12.3. The predicted molar refractivity (Wildman–Crippen MR) is 156 cm³/mol. The minimum absolute atomic E-state index is 0.105. The van der Waals surface area contributed by atoms with Crippen molar-refractivity contribution in [1.29, 1.82) is 0 Å². The third-order valence-corrected chi connectivity index (χ3v) is 9.46. The fourth-order valence-corrected chi connectivity index (χ4v) is 7.17. The molecule has 0 amide bonds. The molecule has 5 rings (SSSR count).